The van der Waals surface area contributed by atoms with E-state index in [1.54, 1.807) is 31.6 Å². The summed E-state index contributed by atoms with van der Waals surface area (Å²) in [5, 5.41) is 0. The third-order valence-corrected chi connectivity index (χ3v) is 1.17. The Balaban J connectivity index is 2.67. The summed E-state index contributed by atoms with van der Waals surface area (Å²) in [4.78, 5) is 10.6. The Morgan fingerprint density at radius 2 is 2.10 bits per heavy atom. The van der Waals surface area contributed by atoms with Gasteiger partial charge in [-0.3, -0.25) is 4.79 Å². The minimum absolute atomic E-state index is 0.172. The number of carbonyl (C=O) groups excluding carboxylic acids is 1. The van der Waals surface area contributed by atoms with Crippen molar-refractivity contribution < 1.29 is 9.21 Å². The van der Waals surface area contributed by atoms with Gasteiger partial charge in [-0.1, -0.05) is 0 Å². The summed E-state index contributed by atoms with van der Waals surface area (Å²) < 4.78 is 4.79. The first-order valence-electron chi connectivity index (χ1n) is 3.13. The van der Waals surface area contributed by atoms with Gasteiger partial charge in [-0.2, -0.15) is 0 Å². The molecule has 52 valence electrons. The Bertz CT molecular complexity index is 216. The minimum Gasteiger partial charge on any atom is -0.300 e. The highest BCUT2D eigenvalue weighted by Gasteiger charge is 1.98. The summed E-state index contributed by atoms with van der Waals surface area (Å²) in [6.07, 6.45) is 3.63. The monoisotopic (exact) mass is 137 g/mol. The van der Waals surface area contributed by atoms with Crippen LogP contribution in [0.15, 0.2) is 29.1 Å². The summed E-state index contributed by atoms with van der Waals surface area (Å²) >= 11 is 0. The second-order valence-electron chi connectivity index (χ2n) is 2.20. The van der Waals surface area contributed by atoms with Crippen LogP contribution in [0.3, 0.4) is 0 Å². The molecule has 0 aliphatic rings. The molecule has 0 radical (unpaired) electrons. The van der Waals surface area contributed by atoms with Crippen LogP contribution < -0.4 is 0 Å². The second kappa shape index (κ2) is 3.11. The summed E-state index contributed by atoms with van der Waals surface area (Å²) in [5.74, 6) is 0.172. The third kappa shape index (κ3) is 1.97. The van der Waals surface area contributed by atoms with E-state index in [0.717, 1.165) is 5.56 Å². The quantitative estimate of drug-likeness (QED) is 0.580. The van der Waals surface area contributed by atoms with Crippen LogP contribution in [0.5, 0.6) is 0 Å². The molecule has 0 saturated heterocycles. The summed E-state index contributed by atoms with van der Waals surface area (Å²) in [7, 11) is 0. The van der Waals surface area contributed by atoms with Gasteiger partial charge in [0.15, 0.2) is 0 Å². The molecule has 0 fully saturated rings. The molecule has 2 nitrogen and oxygen atoms in total. The molecule has 0 saturated carbocycles. The van der Waals surface area contributed by atoms with Gasteiger partial charge >= 0.3 is 12.5 Å². The Labute approximate surface area is 59.5 Å². The lowest BCUT2D eigenvalue weighted by Crippen LogP contribution is -1.94. The van der Waals surface area contributed by atoms with Crippen molar-refractivity contribution in [3.05, 3.63) is 30.2 Å². The van der Waals surface area contributed by atoms with Crippen LogP contribution in [0.1, 0.15) is 12.5 Å². The predicted octanol–water partition coefficient (Wildman–Crippen LogP) is 1.69. The molecule has 0 aliphatic carbocycles. The summed E-state index contributed by atoms with van der Waals surface area (Å²) in [6, 6.07) is 3.59. The Morgan fingerprint density at radius 3 is 2.60 bits per heavy atom. The summed E-state index contributed by atoms with van der Waals surface area (Å²) in [5.41, 5.74) is 0.999. The second-order valence-corrected chi connectivity index (χ2v) is 2.20. The van der Waals surface area contributed by atoms with Crippen molar-refractivity contribution in [2.75, 3.05) is 0 Å². The number of Topliss-reactive ketones (excluding diaryl/α,β-unsaturated/α-hetero) is 1. The highest BCUT2D eigenvalue weighted by Crippen LogP contribution is 1.98. The Hall–Kier alpha value is -1.18. The topological polar surface area (TPSA) is 28.4 Å². The van der Waals surface area contributed by atoms with Crippen LogP contribution in [0.25, 0.3) is 0 Å². The van der Waals surface area contributed by atoms with Gasteiger partial charge in [-0.25, -0.2) is 4.42 Å². The molecule has 0 N–H and O–H groups in total. The average molecular weight is 137 g/mol. The van der Waals surface area contributed by atoms with Gasteiger partial charge in [0.25, 0.3) is 0 Å². The van der Waals surface area contributed by atoms with E-state index < -0.39 is 0 Å². The van der Waals surface area contributed by atoms with Gasteiger partial charge < -0.3 is 0 Å². The zero-order valence-corrected chi connectivity index (χ0v) is 5.83. The van der Waals surface area contributed by atoms with Gasteiger partial charge in [0.2, 0.25) is 0 Å². The zero-order chi connectivity index (χ0) is 7.40. The van der Waals surface area contributed by atoms with Crippen LogP contribution in [-0.2, 0) is 11.2 Å². The van der Waals surface area contributed by atoms with Crippen molar-refractivity contribution >= 4 is 5.78 Å². The van der Waals surface area contributed by atoms with Gasteiger partial charge in [0.1, 0.15) is 5.78 Å². The molecule has 0 atom stereocenters. The predicted molar refractivity (Wildman–Crippen MR) is 37.5 cm³/mol. The van der Waals surface area contributed by atoms with Crippen molar-refractivity contribution in [3.63, 3.8) is 0 Å². The molecular formula is C8H9O2+. The van der Waals surface area contributed by atoms with Gasteiger partial charge in [0.05, 0.1) is 0 Å². The smallest absolute Gasteiger partial charge is 0.300 e. The number of hydrogen-bond donors (Lipinski definition) is 0. The highest BCUT2D eigenvalue weighted by atomic mass is 16.3. The number of carbonyl (C=O) groups is 1. The largest absolute Gasteiger partial charge is 0.318 e. The van der Waals surface area contributed by atoms with Gasteiger partial charge in [-0.15, -0.1) is 0 Å². The van der Waals surface area contributed by atoms with E-state index in [2.05, 4.69) is 0 Å². The lowest BCUT2D eigenvalue weighted by atomic mass is 10.1. The zero-order valence-electron chi connectivity index (χ0n) is 5.83. The first-order valence-corrected chi connectivity index (χ1v) is 3.13. The van der Waals surface area contributed by atoms with Crippen LogP contribution in [0.2, 0.25) is 0 Å². The molecule has 1 aromatic rings. The van der Waals surface area contributed by atoms with Crippen molar-refractivity contribution in [2.24, 2.45) is 0 Å². The third-order valence-electron chi connectivity index (χ3n) is 1.17. The molecule has 1 rings (SSSR count). The molecule has 10 heavy (non-hydrogen) atoms. The lowest BCUT2D eigenvalue weighted by Gasteiger charge is -1.88. The van der Waals surface area contributed by atoms with E-state index in [9.17, 15) is 4.79 Å². The SMILES string of the molecule is CC(=O)Cc1cc[o+]cc1. The van der Waals surface area contributed by atoms with E-state index in [0.29, 0.717) is 6.42 Å². The molecule has 0 amide bonds. The van der Waals surface area contributed by atoms with Gasteiger partial charge in [0, 0.05) is 18.6 Å². The first kappa shape index (κ1) is 6.93. The highest BCUT2D eigenvalue weighted by molar-refractivity contribution is 5.78. The maximum atomic E-state index is 10.6. The number of rotatable bonds is 2. The van der Waals surface area contributed by atoms with E-state index in [-0.39, 0.29) is 5.78 Å². The lowest BCUT2D eigenvalue weighted by molar-refractivity contribution is -0.116. The Kier molecular flexibility index (Phi) is 2.15. The maximum absolute atomic E-state index is 10.6. The molecule has 0 aliphatic heterocycles. The first-order chi connectivity index (χ1) is 4.79. The van der Waals surface area contributed by atoms with Crippen LogP contribution >= 0.6 is 0 Å². The van der Waals surface area contributed by atoms with E-state index in [4.69, 9.17) is 4.42 Å². The van der Waals surface area contributed by atoms with E-state index in [1.807, 2.05) is 0 Å². The number of hydrogen-bond acceptors (Lipinski definition) is 1. The standard InChI is InChI=1S/C8H9O2/c1-7(9)6-8-2-4-10-5-3-8/h2-5H,6H2,1H3/q+1. The van der Waals surface area contributed by atoms with Crippen LogP contribution in [0.4, 0.5) is 0 Å². The molecule has 0 bridgehead atoms. The fraction of sp³-hybridized carbons (Fsp3) is 0.250. The average Bonchev–Trinajstić information content (AvgIpc) is 1.88. The van der Waals surface area contributed by atoms with Crippen molar-refractivity contribution in [1.29, 1.82) is 0 Å². The van der Waals surface area contributed by atoms with E-state index in [1.165, 1.54) is 0 Å². The van der Waals surface area contributed by atoms with Crippen LogP contribution in [0, 0.1) is 0 Å². The van der Waals surface area contributed by atoms with Gasteiger partial charge in [-0.05, 0) is 12.5 Å². The molecule has 2 heteroatoms. The Morgan fingerprint density at radius 1 is 1.50 bits per heavy atom. The number of ketones is 1. The molecule has 0 spiro atoms. The molecule has 1 aromatic heterocycles. The summed E-state index contributed by atoms with van der Waals surface area (Å²) in [6.45, 7) is 1.57. The van der Waals surface area contributed by atoms with Crippen LogP contribution in [-0.4, -0.2) is 5.78 Å². The van der Waals surface area contributed by atoms with Crippen molar-refractivity contribution in [3.8, 4) is 0 Å². The fourth-order valence-electron chi connectivity index (χ4n) is 0.760. The fourth-order valence-corrected chi connectivity index (χ4v) is 0.760. The maximum Gasteiger partial charge on any atom is 0.318 e. The molecular weight excluding hydrogens is 128 g/mol. The normalized spacial score (nSPS) is 9.30. The molecule has 0 aromatic carbocycles. The van der Waals surface area contributed by atoms with E-state index >= 15 is 0 Å². The van der Waals surface area contributed by atoms with Crippen molar-refractivity contribution in [1.82, 2.24) is 0 Å². The molecule has 0 unspecified atom stereocenters. The molecule has 1 heterocycles. The minimum atomic E-state index is 0.172. The van der Waals surface area contributed by atoms with Crippen molar-refractivity contribution in [2.45, 2.75) is 13.3 Å².